The monoisotopic (exact) mass is 424 g/mol. The van der Waals surface area contributed by atoms with Crippen molar-refractivity contribution in [3.05, 3.63) is 36.5 Å². The number of rotatable bonds is 4. The largest absolute Gasteiger partial charge is 0.405 e. The molecule has 2 N–H and O–H groups in total. The fourth-order valence-corrected chi connectivity index (χ4v) is 3.73. The second-order valence-electron chi connectivity index (χ2n) is 7.29. The average Bonchev–Trinajstić information content (AvgIpc) is 3.30. The fourth-order valence-electron chi connectivity index (χ4n) is 3.73. The van der Waals surface area contributed by atoms with Crippen molar-refractivity contribution < 1.29 is 23.8 Å². The van der Waals surface area contributed by atoms with Crippen LogP contribution >= 0.6 is 0 Å². The molecule has 0 aromatic carbocycles. The van der Waals surface area contributed by atoms with Crippen LogP contribution in [0.25, 0.3) is 22.4 Å². The normalized spacial score (nSPS) is 19.4. The molecule has 1 aliphatic rings. The van der Waals surface area contributed by atoms with Crippen LogP contribution in [0.1, 0.15) is 21.2 Å². The quantitative estimate of drug-likeness (QED) is 0.627. The van der Waals surface area contributed by atoms with E-state index in [2.05, 4.69) is 19.9 Å². The molecule has 3 aromatic heterocycles. The molecule has 11 heteroatoms. The molecule has 30 heavy (non-hydrogen) atoms. The number of pyridine rings is 1. The maximum absolute atomic E-state index is 14.7. The lowest BCUT2D eigenvalue weighted by Gasteiger charge is -2.35. The molecule has 4 rings (SSSR count). The smallest absolute Gasteiger partial charge is 0.345 e. The Kier molecular flexibility index (Phi) is 4.83. The lowest BCUT2D eigenvalue weighted by atomic mass is 9.97. The molecule has 1 saturated heterocycles. The van der Waals surface area contributed by atoms with Crippen LogP contribution in [0.15, 0.2) is 30.7 Å². The van der Waals surface area contributed by atoms with E-state index in [-0.39, 0.29) is 26.0 Å². The summed E-state index contributed by atoms with van der Waals surface area (Å²) in [4.78, 5) is 29.5. The van der Waals surface area contributed by atoms with Crippen molar-refractivity contribution >= 4 is 22.8 Å². The molecule has 4 heterocycles. The van der Waals surface area contributed by atoms with E-state index in [0.717, 1.165) is 11.6 Å². The molecule has 1 amide bonds. The number of hydrogen-bond donors (Lipinski definition) is 2. The van der Waals surface area contributed by atoms with Gasteiger partial charge in [0, 0.05) is 31.3 Å². The number of aromatic amines is 1. The zero-order chi connectivity index (χ0) is 21.5. The molecule has 1 aliphatic heterocycles. The summed E-state index contributed by atoms with van der Waals surface area (Å²) in [5.74, 6) is -1.49. The van der Waals surface area contributed by atoms with Crippen molar-refractivity contribution in [1.29, 1.82) is 0 Å². The number of anilines is 1. The minimum Gasteiger partial charge on any atom is -0.345 e. The van der Waals surface area contributed by atoms with Crippen molar-refractivity contribution in [1.82, 2.24) is 25.3 Å². The van der Waals surface area contributed by atoms with Gasteiger partial charge < -0.3 is 15.2 Å². The van der Waals surface area contributed by atoms with Crippen LogP contribution in [-0.4, -0.2) is 50.6 Å². The molecule has 0 spiro atoms. The van der Waals surface area contributed by atoms with Crippen LogP contribution in [0.3, 0.4) is 0 Å². The van der Waals surface area contributed by atoms with Gasteiger partial charge in [0.1, 0.15) is 17.7 Å². The second kappa shape index (κ2) is 7.22. The van der Waals surface area contributed by atoms with Gasteiger partial charge in [-0.15, -0.1) is 0 Å². The highest BCUT2D eigenvalue weighted by molar-refractivity contribution is 5.92. The Balaban J connectivity index is 0.00000272. The van der Waals surface area contributed by atoms with Gasteiger partial charge in [-0.3, -0.25) is 4.79 Å². The van der Waals surface area contributed by atoms with Gasteiger partial charge in [-0.25, -0.2) is 19.3 Å². The summed E-state index contributed by atoms with van der Waals surface area (Å²) in [6, 6.07) is 3.55. The lowest BCUT2D eigenvalue weighted by Crippen LogP contribution is -2.55. The number of H-pyrrole nitrogens is 1. The Bertz CT molecular complexity index is 1100. The first-order chi connectivity index (χ1) is 14.2. The van der Waals surface area contributed by atoms with Gasteiger partial charge in [-0.05, 0) is 31.9 Å². The molecule has 0 saturated carbocycles. The summed E-state index contributed by atoms with van der Waals surface area (Å²) in [7, 11) is 0. The third kappa shape index (κ3) is 3.55. The molecular formula is C19H20F4N6O. The number of nitrogens with one attached hydrogen (secondary N) is 2. The summed E-state index contributed by atoms with van der Waals surface area (Å²) in [6.07, 6.45) is 0.506. The summed E-state index contributed by atoms with van der Waals surface area (Å²) in [5, 5.41) is 2.64. The minimum atomic E-state index is -4.54. The topological polar surface area (TPSA) is 86.8 Å². The van der Waals surface area contributed by atoms with Crippen molar-refractivity contribution in [2.75, 3.05) is 18.0 Å². The van der Waals surface area contributed by atoms with Crippen LogP contribution in [0, 0.1) is 5.82 Å². The Morgan fingerprint density at radius 3 is 2.97 bits per heavy atom. The molecule has 3 aromatic rings. The van der Waals surface area contributed by atoms with E-state index in [1.54, 1.807) is 18.5 Å². The van der Waals surface area contributed by atoms with Crippen LogP contribution in [0.2, 0.25) is 0 Å². The maximum atomic E-state index is 14.7. The van der Waals surface area contributed by atoms with E-state index in [0.29, 0.717) is 17.6 Å². The maximum Gasteiger partial charge on any atom is 0.405 e. The number of nitrogens with zero attached hydrogens (tertiary/aromatic N) is 4. The highest BCUT2D eigenvalue weighted by Crippen LogP contribution is 2.36. The van der Waals surface area contributed by atoms with Crippen LogP contribution in [0.5, 0.6) is 0 Å². The SMILES string of the molecule is CC1(C(=O)NCC(F)(F)F)CCCN1c1nc(-c2c[nH]c3ncccc23)ncc1F.[HH]. The summed E-state index contributed by atoms with van der Waals surface area (Å²) >= 11 is 0. The van der Waals surface area contributed by atoms with Gasteiger partial charge in [0.2, 0.25) is 5.91 Å². The Hall–Kier alpha value is -3.24. The number of alkyl halides is 3. The van der Waals surface area contributed by atoms with Crippen molar-refractivity contribution in [3.8, 4) is 11.4 Å². The Morgan fingerprint density at radius 2 is 2.20 bits per heavy atom. The zero-order valence-electron chi connectivity index (χ0n) is 15.9. The van der Waals surface area contributed by atoms with Crippen molar-refractivity contribution in [3.63, 3.8) is 0 Å². The highest BCUT2D eigenvalue weighted by Gasteiger charge is 2.46. The molecule has 0 bridgehead atoms. The predicted octanol–water partition coefficient (Wildman–Crippen LogP) is 3.44. The first-order valence-electron chi connectivity index (χ1n) is 9.27. The number of halogens is 4. The van der Waals surface area contributed by atoms with E-state index in [4.69, 9.17) is 0 Å². The molecular weight excluding hydrogens is 404 g/mol. The van der Waals surface area contributed by atoms with Gasteiger partial charge in [0.25, 0.3) is 0 Å². The van der Waals surface area contributed by atoms with E-state index < -0.39 is 30.0 Å². The predicted molar refractivity (Wildman–Crippen MR) is 103 cm³/mol. The van der Waals surface area contributed by atoms with Crippen molar-refractivity contribution in [2.45, 2.75) is 31.5 Å². The van der Waals surface area contributed by atoms with E-state index >= 15 is 0 Å². The van der Waals surface area contributed by atoms with Gasteiger partial charge in [-0.2, -0.15) is 13.2 Å². The third-order valence-corrected chi connectivity index (χ3v) is 5.25. The standard InChI is InChI=1S/C19H18F4N6O.H2/c1-18(17(30)27-10-19(21,22)23)5-3-7-29(18)16-13(20)9-26-15(28-16)12-8-25-14-11(12)4-2-6-24-14;/h2,4,6,8-9H,3,5,7,10H2,1H3,(H,24,25)(H,27,30);1H. The summed E-state index contributed by atoms with van der Waals surface area (Å²) in [5.41, 5.74) is -0.152. The Morgan fingerprint density at radius 1 is 1.40 bits per heavy atom. The zero-order valence-corrected chi connectivity index (χ0v) is 15.9. The van der Waals surface area contributed by atoms with Gasteiger partial charge in [0.15, 0.2) is 17.5 Å². The number of fused-ring (bicyclic) bond motifs is 1. The van der Waals surface area contributed by atoms with Crippen LogP contribution in [-0.2, 0) is 4.79 Å². The number of carbonyl (C=O) groups excluding carboxylic acids is 1. The van der Waals surface area contributed by atoms with Gasteiger partial charge >= 0.3 is 6.18 Å². The van der Waals surface area contributed by atoms with E-state index in [1.165, 1.54) is 11.8 Å². The number of hydrogen-bond acceptors (Lipinski definition) is 5. The third-order valence-electron chi connectivity index (χ3n) is 5.25. The van der Waals surface area contributed by atoms with Crippen LogP contribution in [0.4, 0.5) is 23.4 Å². The second-order valence-corrected chi connectivity index (χ2v) is 7.29. The first kappa shape index (κ1) is 20.0. The summed E-state index contributed by atoms with van der Waals surface area (Å²) < 4.78 is 52.3. The molecule has 1 atom stereocenters. The molecule has 7 nitrogen and oxygen atoms in total. The molecule has 160 valence electrons. The van der Waals surface area contributed by atoms with Gasteiger partial charge in [-0.1, -0.05) is 0 Å². The Labute approximate surface area is 170 Å². The van der Waals surface area contributed by atoms with E-state index in [1.807, 2.05) is 11.4 Å². The average molecular weight is 424 g/mol. The lowest BCUT2D eigenvalue weighted by molar-refractivity contribution is -0.141. The molecule has 1 fully saturated rings. The van der Waals surface area contributed by atoms with Gasteiger partial charge in [0.05, 0.1) is 6.20 Å². The van der Waals surface area contributed by atoms with E-state index in [9.17, 15) is 22.4 Å². The molecule has 1 unspecified atom stereocenters. The molecule has 0 aliphatic carbocycles. The molecule has 0 radical (unpaired) electrons. The first-order valence-corrected chi connectivity index (χ1v) is 9.27. The van der Waals surface area contributed by atoms with Crippen LogP contribution < -0.4 is 10.2 Å². The number of aromatic nitrogens is 4. The summed E-state index contributed by atoms with van der Waals surface area (Å²) in [6.45, 7) is 0.316. The number of amides is 1. The van der Waals surface area contributed by atoms with Crippen molar-refractivity contribution in [2.24, 2.45) is 0 Å². The fraction of sp³-hybridized carbons (Fsp3) is 0.368. The number of carbonyl (C=O) groups is 1. The highest BCUT2D eigenvalue weighted by atomic mass is 19.4. The minimum absolute atomic E-state index is 0.